The highest BCUT2D eigenvalue weighted by Gasteiger charge is 2.43. The monoisotopic (exact) mass is 480 g/mol. The first-order valence-corrected chi connectivity index (χ1v) is 11.7. The lowest BCUT2D eigenvalue weighted by molar-refractivity contribution is -0.0924. The normalized spacial score (nSPS) is 23.5. The van der Waals surface area contributed by atoms with Gasteiger partial charge in [-0.1, -0.05) is 12.1 Å². The Balaban J connectivity index is 1.33. The summed E-state index contributed by atoms with van der Waals surface area (Å²) in [6, 6.07) is 9.10. The summed E-state index contributed by atoms with van der Waals surface area (Å²) in [5.41, 5.74) is 0.731. The first-order valence-electron chi connectivity index (χ1n) is 11.7. The number of halogens is 2. The van der Waals surface area contributed by atoms with Crippen LogP contribution in [0.15, 0.2) is 42.7 Å². The molecular formula is C25H26F2N6O2. The molecule has 2 fully saturated rings. The van der Waals surface area contributed by atoms with E-state index in [0.717, 1.165) is 17.4 Å². The number of pyridine rings is 1. The molecule has 1 unspecified atom stereocenters. The van der Waals surface area contributed by atoms with Crippen molar-refractivity contribution in [3.63, 3.8) is 0 Å². The summed E-state index contributed by atoms with van der Waals surface area (Å²) in [4.78, 5) is 10.9. The van der Waals surface area contributed by atoms with E-state index in [1.807, 2.05) is 30.3 Å². The highest BCUT2D eigenvalue weighted by molar-refractivity contribution is 5.91. The number of nitrogens with zero attached hydrogens (tertiary/aromatic N) is 5. The van der Waals surface area contributed by atoms with E-state index in [4.69, 9.17) is 9.47 Å². The zero-order valence-electron chi connectivity index (χ0n) is 19.5. The Morgan fingerprint density at radius 2 is 2.11 bits per heavy atom. The number of alkyl halides is 1. The van der Waals surface area contributed by atoms with Gasteiger partial charge in [-0.3, -0.25) is 9.88 Å². The van der Waals surface area contributed by atoms with E-state index < -0.39 is 17.5 Å². The number of rotatable bonds is 5. The van der Waals surface area contributed by atoms with Crippen molar-refractivity contribution in [1.29, 1.82) is 0 Å². The summed E-state index contributed by atoms with van der Waals surface area (Å²) in [6.07, 6.45) is 3.60. The van der Waals surface area contributed by atoms with Crippen LogP contribution in [0.2, 0.25) is 0 Å². The Bertz CT molecular complexity index is 1400. The molecule has 4 aromatic rings. The topological polar surface area (TPSA) is 76.8 Å². The standard InChI is InChI=1S/C25H26F2N6O2/c1-25(27)14-32(17-12-35-13-17)9-7-20(25)29-24-30-23(34-2)22-21(18(26)11-33(22)31-24)16-5-6-19-15(10-16)4-3-8-28-19/h3-6,8,10-11,17,20H,7,9,12-14H2,1-2H3,(H,29,31)/t20-,25?/m1/s1. The van der Waals surface area contributed by atoms with Crippen LogP contribution >= 0.6 is 0 Å². The van der Waals surface area contributed by atoms with Gasteiger partial charge in [0.1, 0.15) is 11.2 Å². The molecule has 2 atom stereocenters. The number of piperidine rings is 1. The van der Waals surface area contributed by atoms with Gasteiger partial charge in [0.25, 0.3) is 0 Å². The SMILES string of the molecule is COc1nc(N[C@@H]2CCN(C3COC3)CC2(C)F)nn2cc(F)c(-c3ccc4ncccc4c3)c12. The van der Waals surface area contributed by atoms with Crippen molar-refractivity contribution in [2.24, 2.45) is 0 Å². The lowest BCUT2D eigenvalue weighted by atomic mass is 9.89. The number of benzene rings is 1. The largest absolute Gasteiger partial charge is 0.479 e. The molecule has 182 valence electrons. The molecule has 0 saturated carbocycles. The zero-order valence-corrected chi connectivity index (χ0v) is 19.5. The minimum Gasteiger partial charge on any atom is -0.479 e. The summed E-state index contributed by atoms with van der Waals surface area (Å²) in [7, 11) is 1.48. The summed E-state index contributed by atoms with van der Waals surface area (Å²) in [6.45, 7) is 3.95. The molecule has 3 aromatic heterocycles. The second-order valence-electron chi connectivity index (χ2n) is 9.43. The second-order valence-corrected chi connectivity index (χ2v) is 9.43. The number of anilines is 1. The van der Waals surface area contributed by atoms with Gasteiger partial charge < -0.3 is 14.8 Å². The maximum absolute atomic E-state index is 15.6. The molecule has 0 aliphatic carbocycles. The molecule has 1 N–H and O–H groups in total. The van der Waals surface area contributed by atoms with E-state index in [-0.39, 0.29) is 17.9 Å². The zero-order chi connectivity index (χ0) is 24.2. The first kappa shape index (κ1) is 22.1. The maximum atomic E-state index is 15.6. The van der Waals surface area contributed by atoms with E-state index >= 15 is 8.78 Å². The fourth-order valence-electron chi connectivity index (χ4n) is 5.04. The quantitative estimate of drug-likeness (QED) is 0.467. The molecule has 2 aliphatic heterocycles. The summed E-state index contributed by atoms with van der Waals surface area (Å²) in [5, 5.41) is 8.49. The van der Waals surface area contributed by atoms with Gasteiger partial charge in [0.05, 0.1) is 49.7 Å². The van der Waals surface area contributed by atoms with Gasteiger partial charge in [0.2, 0.25) is 11.8 Å². The second kappa shape index (κ2) is 8.39. The number of hydrogen-bond acceptors (Lipinski definition) is 7. The number of methoxy groups -OCH3 is 1. The van der Waals surface area contributed by atoms with Gasteiger partial charge in [0, 0.05) is 24.7 Å². The molecule has 6 rings (SSSR count). The molecule has 2 saturated heterocycles. The third kappa shape index (κ3) is 3.86. The molecule has 0 radical (unpaired) electrons. The first-order chi connectivity index (χ1) is 16.9. The Kier molecular flexibility index (Phi) is 5.30. The van der Waals surface area contributed by atoms with Crippen LogP contribution in [0.25, 0.3) is 27.5 Å². The van der Waals surface area contributed by atoms with E-state index in [1.54, 1.807) is 13.1 Å². The van der Waals surface area contributed by atoms with Crippen molar-refractivity contribution >= 4 is 22.4 Å². The highest BCUT2D eigenvalue weighted by Crippen LogP contribution is 2.36. The number of aromatic nitrogens is 4. The van der Waals surface area contributed by atoms with Gasteiger partial charge in [-0.2, -0.15) is 4.98 Å². The van der Waals surface area contributed by atoms with E-state index in [1.165, 1.54) is 17.8 Å². The molecule has 0 amide bonds. The van der Waals surface area contributed by atoms with Crippen LogP contribution in [0.1, 0.15) is 13.3 Å². The predicted molar refractivity (Wildman–Crippen MR) is 128 cm³/mol. The average molecular weight is 481 g/mol. The summed E-state index contributed by atoms with van der Waals surface area (Å²) >= 11 is 0. The molecular weight excluding hydrogens is 454 g/mol. The Hall–Kier alpha value is -3.37. The number of nitrogens with one attached hydrogen (secondary N) is 1. The minimum absolute atomic E-state index is 0.188. The average Bonchev–Trinajstić information content (AvgIpc) is 3.14. The maximum Gasteiger partial charge on any atom is 0.244 e. The minimum atomic E-state index is -1.49. The molecule has 1 aromatic carbocycles. The van der Waals surface area contributed by atoms with Crippen LogP contribution in [0, 0.1) is 5.82 Å². The van der Waals surface area contributed by atoms with Crippen LogP contribution in [0.5, 0.6) is 5.88 Å². The van der Waals surface area contributed by atoms with Crippen LogP contribution in [0.3, 0.4) is 0 Å². The molecule has 8 nitrogen and oxygen atoms in total. The van der Waals surface area contributed by atoms with Gasteiger partial charge in [-0.15, -0.1) is 5.10 Å². The number of fused-ring (bicyclic) bond motifs is 2. The van der Waals surface area contributed by atoms with Crippen LogP contribution < -0.4 is 10.1 Å². The van der Waals surface area contributed by atoms with Crippen molar-refractivity contribution < 1.29 is 18.3 Å². The van der Waals surface area contributed by atoms with Gasteiger partial charge >= 0.3 is 0 Å². The Labute approximate surface area is 200 Å². The van der Waals surface area contributed by atoms with Crippen molar-refractivity contribution in [2.45, 2.75) is 31.1 Å². The molecule has 0 bridgehead atoms. The van der Waals surface area contributed by atoms with Crippen molar-refractivity contribution in [2.75, 3.05) is 38.7 Å². The van der Waals surface area contributed by atoms with Crippen molar-refractivity contribution in [3.05, 3.63) is 48.5 Å². The van der Waals surface area contributed by atoms with E-state index in [2.05, 4.69) is 25.3 Å². The van der Waals surface area contributed by atoms with Crippen molar-refractivity contribution in [3.8, 4) is 17.0 Å². The summed E-state index contributed by atoms with van der Waals surface area (Å²) < 4.78 is 43.0. The fourth-order valence-corrected chi connectivity index (χ4v) is 5.04. The third-order valence-corrected chi connectivity index (χ3v) is 7.02. The molecule has 0 spiro atoms. The smallest absolute Gasteiger partial charge is 0.244 e. The lowest BCUT2D eigenvalue weighted by Gasteiger charge is -2.46. The van der Waals surface area contributed by atoms with E-state index in [0.29, 0.717) is 42.8 Å². The Morgan fingerprint density at radius 3 is 2.86 bits per heavy atom. The Morgan fingerprint density at radius 1 is 1.26 bits per heavy atom. The third-order valence-electron chi connectivity index (χ3n) is 7.02. The van der Waals surface area contributed by atoms with Crippen molar-refractivity contribution in [1.82, 2.24) is 24.5 Å². The number of ether oxygens (including phenoxy) is 2. The molecule has 5 heterocycles. The molecule has 10 heteroatoms. The fraction of sp³-hybridized carbons (Fsp3) is 0.400. The van der Waals surface area contributed by atoms with Crippen LogP contribution in [-0.4, -0.2) is 75.6 Å². The van der Waals surface area contributed by atoms with Gasteiger partial charge in [0.15, 0.2) is 5.82 Å². The van der Waals surface area contributed by atoms with Crippen LogP contribution in [-0.2, 0) is 4.74 Å². The number of likely N-dealkylation sites (tertiary alicyclic amines) is 1. The highest BCUT2D eigenvalue weighted by atomic mass is 19.1. The number of hydrogen-bond donors (Lipinski definition) is 1. The molecule has 2 aliphatic rings. The molecule has 35 heavy (non-hydrogen) atoms. The van der Waals surface area contributed by atoms with Gasteiger partial charge in [-0.25, -0.2) is 13.3 Å². The predicted octanol–water partition coefficient (Wildman–Crippen LogP) is 3.71. The van der Waals surface area contributed by atoms with Gasteiger partial charge in [-0.05, 0) is 37.1 Å². The summed E-state index contributed by atoms with van der Waals surface area (Å²) in [5.74, 6) is -0.0606. The lowest BCUT2D eigenvalue weighted by Crippen LogP contribution is -2.61. The van der Waals surface area contributed by atoms with E-state index in [9.17, 15) is 0 Å². The van der Waals surface area contributed by atoms with Crippen LogP contribution in [0.4, 0.5) is 14.7 Å².